The highest BCUT2D eigenvalue weighted by atomic mass is 16.5. The fourth-order valence-electron chi connectivity index (χ4n) is 3.28. The van der Waals surface area contributed by atoms with Crippen LogP contribution in [0.5, 0.6) is 11.5 Å². The van der Waals surface area contributed by atoms with Gasteiger partial charge in [0.2, 0.25) is 0 Å². The molecule has 1 aromatic carbocycles. The van der Waals surface area contributed by atoms with Crippen LogP contribution in [0.2, 0.25) is 0 Å². The highest BCUT2D eigenvalue weighted by Gasteiger charge is 2.21. The van der Waals surface area contributed by atoms with Gasteiger partial charge in [-0.2, -0.15) is 0 Å². The zero-order chi connectivity index (χ0) is 14.7. The van der Waals surface area contributed by atoms with Gasteiger partial charge in [0.15, 0.2) is 0 Å². The second kappa shape index (κ2) is 6.67. The van der Waals surface area contributed by atoms with E-state index in [1.165, 1.54) is 37.1 Å². The topological polar surface area (TPSA) is 33.7 Å². The van der Waals surface area contributed by atoms with Crippen LogP contribution in [0.15, 0.2) is 12.1 Å². The smallest absolute Gasteiger partial charge is 0.123 e. The second-order valence-corrected chi connectivity index (χ2v) is 6.13. The lowest BCUT2D eigenvalue weighted by Gasteiger charge is -2.16. The van der Waals surface area contributed by atoms with Crippen LogP contribution < -0.4 is 14.8 Å². The summed E-state index contributed by atoms with van der Waals surface area (Å²) < 4.78 is 11.4. The van der Waals surface area contributed by atoms with Gasteiger partial charge in [-0.3, -0.25) is 0 Å². The molecule has 1 unspecified atom stereocenters. The highest BCUT2D eigenvalue weighted by molar-refractivity contribution is 5.48. The van der Waals surface area contributed by atoms with Crippen molar-refractivity contribution in [2.24, 2.45) is 0 Å². The summed E-state index contributed by atoms with van der Waals surface area (Å²) in [5, 5.41) is 3.53. The standard InChI is InChI=1S/C17H26N2O2/c1-13-9-14-10-16(20-2)15(11-17(14)21-13)12-18-5-8-19-6-3-4-7-19/h10-11,13,18H,3-9,12H2,1-2H3. The average Bonchev–Trinajstić information content (AvgIpc) is 3.10. The fraction of sp³-hybridized carbons (Fsp3) is 0.647. The predicted molar refractivity (Wildman–Crippen MR) is 84.2 cm³/mol. The van der Waals surface area contributed by atoms with Crippen LogP contribution in [0.1, 0.15) is 30.9 Å². The first-order valence-electron chi connectivity index (χ1n) is 8.06. The van der Waals surface area contributed by atoms with Crippen LogP contribution in [0.4, 0.5) is 0 Å². The molecule has 0 aliphatic carbocycles. The van der Waals surface area contributed by atoms with Crippen molar-refractivity contribution >= 4 is 0 Å². The molecule has 1 fully saturated rings. The molecule has 0 aromatic heterocycles. The van der Waals surface area contributed by atoms with Crippen molar-refractivity contribution in [2.75, 3.05) is 33.3 Å². The van der Waals surface area contributed by atoms with Crippen molar-refractivity contribution in [3.05, 3.63) is 23.3 Å². The Kier molecular flexibility index (Phi) is 4.66. The van der Waals surface area contributed by atoms with Crippen molar-refractivity contribution < 1.29 is 9.47 Å². The maximum absolute atomic E-state index is 5.84. The van der Waals surface area contributed by atoms with Crippen LogP contribution in [0.3, 0.4) is 0 Å². The van der Waals surface area contributed by atoms with E-state index in [0.717, 1.165) is 37.6 Å². The first kappa shape index (κ1) is 14.7. The van der Waals surface area contributed by atoms with E-state index >= 15 is 0 Å². The number of methoxy groups -OCH3 is 1. The third-order valence-electron chi connectivity index (χ3n) is 4.42. The second-order valence-electron chi connectivity index (χ2n) is 6.13. The van der Waals surface area contributed by atoms with Gasteiger partial charge in [-0.1, -0.05) is 0 Å². The Morgan fingerprint density at radius 3 is 2.90 bits per heavy atom. The Morgan fingerprint density at radius 1 is 1.33 bits per heavy atom. The summed E-state index contributed by atoms with van der Waals surface area (Å²) in [7, 11) is 1.74. The van der Waals surface area contributed by atoms with E-state index in [0.29, 0.717) is 0 Å². The van der Waals surface area contributed by atoms with E-state index in [1.54, 1.807) is 7.11 Å². The Bertz CT molecular complexity index is 484. The highest BCUT2D eigenvalue weighted by Crippen LogP contribution is 2.34. The Morgan fingerprint density at radius 2 is 2.14 bits per heavy atom. The van der Waals surface area contributed by atoms with Crippen molar-refractivity contribution in [3.8, 4) is 11.5 Å². The van der Waals surface area contributed by atoms with Crippen LogP contribution in [0, 0.1) is 0 Å². The van der Waals surface area contributed by atoms with E-state index < -0.39 is 0 Å². The molecular formula is C17H26N2O2. The normalized spacial score (nSPS) is 21.3. The Balaban J connectivity index is 1.55. The molecule has 116 valence electrons. The van der Waals surface area contributed by atoms with E-state index in [4.69, 9.17) is 9.47 Å². The molecule has 2 aliphatic heterocycles. The summed E-state index contributed by atoms with van der Waals surface area (Å²) >= 11 is 0. The van der Waals surface area contributed by atoms with Crippen LogP contribution in [0.25, 0.3) is 0 Å². The summed E-state index contributed by atoms with van der Waals surface area (Å²) in [5.74, 6) is 2.00. The Labute approximate surface area is 127 Å². The molecule has 1 N–H and O–H groups in total. The molecule has 3 rings (SSSR count). The molecule has 0 bridgehead atoms. The first-order chi connectivity index (χ1) is 10.3. The SMILES string of the molecule is COc1cc2c(cc1CNCCN1CCCC1)OC(C)C2. The largest absolute Gasteiger partial charge is 0.496 e. The number of ether oxygens (including phenoxy) is 2. The number of fused-ring (bicyclic) bond motifs is 1. The number of likely N-dealkylation sites (tertiary alicyclic amines) is 1. The third kappa shape index (κ3) is 3.50. The van der Waals surface area contributed by atoms with Crippen molar-refractivity contribution in [3.63, 3.8) is 0 Å². The van der Waals surface area contributed by atoms with Crippen molar-refractivity contribution in [1.29, 1.82) is 0 Å². The summed E-state index contributed by atoms with van der Waals surface area (Å²) in [6.45, 7) is 7.63. The molecule has 1 aromatic rings. The first-order valence-corrected chi connectivity index (χ1v) is 8.06. The van der Waals surface area contributed by atoms with Crippen LogP contribution in [-0.2, 0) is 13.0 Å². The fourth-order valence-corrected chi connectivity index (χ4v) is 3.28. The molecule has 1 atom stereocenters. The van der Waals surface area contributed by atoms with E-state index in [9.17, 15) is 0 Å². The summed E-state index contributed by atoms with van der Waals surface area (Å²) in [6.07, 6.45) is 3.97. The molecule has 4 nitrogen and oxygen atoms in total. The van der Waals surface area contributed by atoms with Gasteiger partial charge in [0.1, 0.15) is 17.6 Å². The molecule has 4 heteroatoms. The number of benzene rings is 1. The summed E-state index contributed by atoms with van der Waals surface area (Å²) in [4.78, 5) is 2.53. The minimum Gasteiger partial charge on any atom is -0.496 e. The van der Waals surface area contributed by atoms with E-state index in [-0.39, 0.29) is 6.10 Å². The lowest BCUT2D eigenvalue weighted by atomic mass is 10.1. The molecule has 21 heavy (non-hydrogen) atoms. The zero-order valence-corrected chi connectivity index (χ0v) is 13.2. The van der Waals surface area contributed by atoms with Crippen molar-refractivity contribution in [2.45, 2.75) is 38.8 Å². The number of nitrogens with one attached hydrogen (secondary N) is 1. The summed E-state index contributed by atoms with van der Waals surface area (Å²) in [5.41, 5.74) is 2.45. The maximum Gasteiger partial charge on any atom is 0.123 e. The summed E-state index contributed by atoms with van der Waals surface area (Å²) in [6, 6.07) is 4.27. The van der Waals surface area contributed by atoms with Crippen LogP contribution in [-0.4, -0.2) is 44.3 Å². The van der Waals surface area contributed by atoms with Crippen molar-refractivity contribution in [1.82, 2.24) is 10.2 Å². The van der Waals surface area contributed by atoms with Gasteiger partial charge >= 0.3 is 0 Å². The quantitative estimate of drug-likeness (QED) is 0.815. The molecule has 1 saturated heterocycles. The molecule has 0 saturated carbocycles. The van der Waals surface area contributed by atoms with E-state index in [2.05, 4.69) is 29.3 Å². The average molecular weight is 290 g/mol. The minimum atomic E-state index is 0.281. The molecular weight excluding hydrogens is 264 g/mol. The van der Waals surface area contributed by atoms with Gasteiger partial charge < -0.3 is 19.7 Å². The number of hydrogen-bond donors (Lipinski definition) is 1. The number of rotatable bonds is 6. The number of hydrogen-bond acceptors (Lipinski definition) is 4. The third-order valence-corrected chi connectivity index (χ3v) is 4.42. The monoisotopic (exact) mass is 290 g/mol. The van der Waals surface area contributed by atoms with Gasteiger partial charge in [0, 0.05) is 37.2 Å². The lowest BCUT2D eigenvalue weighted by molar-refractivity contribution is 0.254. The predicted octanol–water partition coefficient (Wildman–Crippen LogP) is 2.20. The van der Waals surface area contributed by atoms with Crippen LogP contribution >= 0.6 is 0 Å². The van der Waals surface area contributed by atoms with Gasteiger partial charge in [0.05, 0.1) is 7.11 Å². The Hall–Kier alpha value is -1.26. The van der Waals surface area contributed by atoms with E-state index in [1.807, 2.05) is 0 Å². The zero-order valence-electron chi connectivity index (χ0n) is 13.2. The van der Waals surface area contributed by atoms with Gasteiger partial charge in [0.25, 0.3) is 0 Å². The lowest BCUT2D eigenvalue weighted by Crippen LogP contribution is -2.29. The molecule has 2 heterocycles. The minimum absolute atomic E-state index is 0.281. The van der Waals surface area contributed by atoms with Gasteiger partial charge in [-0.25, -0.2) is 0 Å². The molecule has 0 amide bonds. The number of nitrogens with zero attached hydrogens (tertiary/aromatic N) is 1. The molecule has 0 spiro atoms. The molecule has 2 aliphatic rings. The van der Waals surface area contributed by atoms with Gasteiger partial charge in [-0.05, 0) is 45.0 Å². The van der Waals surface area contributed by atoms with Gasteiger partial charge in [-0.15, -0.1) is 0 Å². The molecule has 0 radical (unpaired) electrons. The maximum atomic E-state index is 5.84.